The molecule has 0 spiro atoms. The highest BCUT2D eigenvalue weighted by Crippen LogP contribution is 2.19. The Morgan fingerprint density at radius 1 is 1.21 bits per heavy atom. The van der Waals surface area contributed by atoms with Crippen molar-refractivity contribution in [3.05, 3.63) is 41.8 Å². The van der Waals surface area contributed by atoms with E-state index in [9.17, 15) is 4.39 Å². The number of nitrogen functional groups attached to an aromatic ring is 1. The van der Waals surface area contributed by atoms with Crippen LogP contribution in [0.1, 0.15) is 19.5 Å². The molecule has 1 heterocycles. The van der Waals surface area contributed by atoms with Crippen LogP contribution in [-0.4, -0.2) is 9.97 Å². The Bertz CT molecular complexity index is 552. The number of nitrogens with one attached hydrogen (secondary N) is 1. The third-order valence-corrected chi connectivity index (χ3v) is 2.65. The van der Waals surface area contributed by atoms with Gasteiger partial charge in [0.15, 0.2) is 5.82 Å². The zero-order chi connectivity index (χ0) is 13.8. The van der Waals surface area contributed by atoms with Crippen molar-refractivity contribution < 1.29 is 4.39 Å². The van der Waals surface area contributed by atoms with Crippen LogP contribution in [0.4, 0.5) is 10.2 Å². The quantitative estimate of drug-likeness (QED) is 0.655. The molecule has 0 aliphatic rings. The van der Waals surface area contributed by atoms with E-state index in [4.69, 9.17) is 5.84 Å². The molecule has 0 saturated carbocycles. The van der Waals surface area contributed by atoms with Gasteiger partial charge in [0.05, 0.1) is 0 Å². The van der Waals surface area contributed by atoms with E-state index in [1.807, 2.05) is 6.07 Å². The Hall–Kier alpha value is -2.01. The third kappa shape index (κ3) is 3.48. The van der Waals surface area contributed by atoms with Crippen molar-refractivity contribution in [2.75, 3.05) is 5.43 Å². The highest BCUT2D eigenvalue weighted by Gasteiger charge is 2.08. The number of nitrogens with two attached hydrogens (primary N) is 1. The van der Waals surface area contributed by atoms with Crippen LogP contribution >= 0.6 is 0 Å². The summed E-state index contributed by atoms with van der Waals surface area (Å²) in [5, 5.41) is 0. The summed E-state index contributed by atoms with van der Waals surface area (Å²) in [4.78, 5) is 8.78. The van der Waals surface area contributed by atoms with E-state index < -0.39 is 0 Å². The summed E-state index contributed by atoms with van der Waals surface area (Å²) in [6, 6.07) is 7.92. The number of rotatable bonds is 4. The molecule has 0 amide bonds. The molecular weight excluding hydrogens is 243 g/mol. The van der Waals surface area contributed by atoms with Gasteiger partial charge in [-0.25, -0.2) is 20.2 Å². The first-order valence-corrected chi connectivity index (χ1v) is 6.19. The number of hydrazine groups is 1. The second-order valence-corrected chi connectivity index (χ2v) is 4.82. The number of hydrogen-bond acceptors (Lipinski definition) is 4. The van der Waals surface area contributed by atoms with Gasteiger partial charge in [-0.05, 0) is 36.6 Å². The second-order valence-electron chi connectivity index (χ2n) is 4.82. The summed E-state index contributed by atoms with van der Waals surface area (Å²) < 4.78 is 12.9. The Morgan fingerprint density at radius 2 is 1.89 bits per heavy atom. The van der Waals surface area contributed by atoms with Crippen molar-refractivity contribution in [2.45, 2.75) is 20.3 Å². The molecule has 0 unspecified atom stereocenters. The fourth-order valence-corrected chi connectivity index (χ4v) is 1.82. The van der Waals surface area contributed by atoms with Gasteiger partial charge < -0.3 is 5.43 Å². The van der Waals surface area contributed by atoms with Crippen LogP contribution in [-0.2, 0) is 6.42 Å². The maximum Gasteiger partial charge on any atom is 0.161 e. The van der Waals surface area contributed by atoms with Crippen LogP contribution in [0.2, 0.25) is 0 Å². The minimum atomic E-state index is -0.278. The smallest absolute Gasteiger partial charge is 0.161 e. The van der Waals surface area contributed by atoms with Crippen molar-refractivity contribution in [3.63, 3.8) is 0 Å². The molecule has 0 fully saturated rings. The van der Waals surface area contributed by atoms with Crippen molar-refractivity contribution in [1.82, 2.24) is 9.97 Å². The molecule has 0 saturated heterocycles. The molecule has 0 radical (unpaired) electrons. The number of benzene rings is 1. The van der Waals surface area contributed by atoms with Crippen LogP contribution < -0.4 is 11.3 Å². The summed E-state index contributed by atoms with van der Waals surface area (Å²) >= 11 is 0. The molecule has 0 bridgehead atoms. The molecule has 2 aromatic rings. The van der Waals surface area contributed by atoms with Crippen molar-refractivity contribution in [1.29, 1.82) is 0 Å². The number of aromatic nitrogens is 2. The lowest BCUT2D eigenvalue weighted by Crippen LogP contribution is -2.11. The molecule has 0 aliphatic heterocycles. The zero-order valence-corrected chi connectivity index (χ0v) is 11.0. The topological polar surface area (TPSA) is 63.8 Å². The largest absolute Gasteiger partial charge is 0.308 e. The molecule has 0 atom stereocenters. The summed E-state index contributed by atoms with van der Waals surface area (Å²) in [6.45, 7) is 4.24. The number of anilines is 1. The van der Waals surface area contributed by atoms with E-state index in [0.29, 0.717) is 17.6 Å². The standard InChI is InChI=1S/C14H17FN4/c1-9(2)7-12-8-13(19-16)18-14(17-12)10-3-5-11(15)6-4-10/h3-6,8-9H,7,16H2,1-2H3,(H,17,18,19). The molecule has 3 N–H and O–H groups in total. The van der Waals surface area contributed by atoms with Gasteiger partial charge in [0.1, 0.15) is 11.6 Å². The SMILES string of the molecule is CC(C)Cc1cc(NN)nc(-c2ccc(F)cc2)n1. The normalized spacial score (nSPS) is 10.8. The van der Waals surface area contributed by atoms with Crippen LogP contribution in [0.3, 0.4) is 0 Å². The van der Waals surface area contributed by atoms with Gasteiger partial charge in [0.25, 0.3) is 0 Å². The van der Waals surface area contributed by atoms with Gasteiger partial charge in [-0.15, -0.1) is 0 Å². The lowest BCUT2D eigenvalue weighted by molar-refractivity contribution is 0.628. The van der Waals surface area contributed by atoms with E-state index >= 15 is 0 Å². The van der Waals surface area contributed by atoms with Gasteiger partial charge >= 0.3 is 0 Å². The number of hydrogen-bond donors (Lipinski definition) is 2. The molecule has 0 aliphatic carbocycles. The fraction of sp³-hybridized carbons (Fsp3) is 0.286. The average Bonchev–Trinajstić information content (AvgIpc) is 2.38. The predicted octanol–water partition coefficient (Wildman–Crippen LogP) is 2.77. The highest BCUT2D eigenvalue weighted by atomic mass is 19.1. The first-order chi connectivity index (χ1) is 9.08. The monoisotopic (exact) mass is 260 g/mol. The number of halogens is 1. The van der Waals surface area contributed by atoms with Crippen molar-refractivity contribution in [2.24, 2.45) is 11.8 Å². The first-order valence-electron chi connectivity index (χ1n) is 6.19. The van der Waals surface area contributed by atoms with Gasteiger partial charge in [0.2, 0.25) is 0 Å². The minimum absolute atomic E-state index is 0.278. The summed E-state index contributed by atoms with van der Waals surface area (Å²) in [7, 11) is 0. The van der Waals surface area contributed by atoms with E-state index in [2.05, 4.69) is 29.2 Å². The van der Waals surface area contributed by atoms with Crippen LogP contribution in [0.15, 0.2) is 30.3 Å². The highest BCUT2D eigenvalue weighted by molar-refractivity contribution is 5.57. The first kappa shape index (κ1) is 13.4. The Kier molecular flexibility index (Phi) is 4.06. The van der Waals surface area contributed by atoms with E-state index in [1.54, 1.807) is 12.1 Å². The molecule has 4 nitrogen and oxygen atoms in total. The molecule has 1 aromatic heterocycles. The summed E-state index contributed by atoms with van der Waals surface area (Å²) in [5.74, 6) is 6.74. The van der Waals surface area contributed by atoms with Gasteiger partial charge in [-0.3, -0.25) is 0 Å². The van der Waals surface area contributed by atoms with Gasteiger partial charge in [-0.2, -0.15) is 0 Å². The van der Waals surface area contributed by atoms with E-state index in [1.165, 1.54) is 12.1 Å². The molecule has 19 heavy (non-hydrogen) atoms. The lowest BCUT2D eigenvalue weighted by atomic mass is 10.1. The van der Waals surface area contributed by atoms with E-state index in [0.717, 1.165) is 17.7 Å². The minimum Gasteiger partial charge on any atom is -0.308 e. The second kappa shape index (κ2) is 5.75. The van der Waals surface area contributed by atoms with Crippen molar-refractivity contribution >= 4 is 5.82 Å². The van der Waals surface area contributed by atoms with Gasteiger partial charge in [-0.1, -0.05) is 13.8 Å². The summed E-state index contributed by atoms with van der Waals surface area (Å²) in [6.07, 6.45) is 0.839. The maximum absolute atomic E-state index is 12.9. The Balaban J connectivity index is 2.41. The molecule has 100 valence electrons. The Labute approximate surface area is 111 Å². The molecule has 5 heteroatoms. The van der Waals surface area contributed by atoms with Gasteiger partial charge in [0, 0.05) is 17.3 Å². The average molecular weight is 260 g/mol. The molecular formula is C14H17FN4. The van der Waals surface area contributed by atoms with Crippen molar-refractivity contribution in [3.8, 4) is 11.4 Å². The molecule has 2 rings (SSSR count). The number of nitrogens with zero attached hydrogens (tertiary/aromatic N) is 2. The summed E-state index contributed by atoms with van der Waals surface area (Å²) in [5.41, 5.74) is 4.22. The Morgan fingerprint density at radius 3 is 2.47 bits per heavy atom. The van der Waals surface area contributed by atoms with Crippen LogP contribution in [0.25, 0.3) is 11.4 Å². The third-order valence-electron chi connectivity index (χ3n) is 2.65. The maximum atomic E-state index is 12.9. The van der Waals surface area contributed by atoms with Crippen LogP contribution in [0.5, 0.6) is 0 Å². The van der Waals surface area contributed by atoms with Crippen LogP contribution in [0, 0.1) is 11.7 Å². The molecule has 1 aromatic carbocycles. The fourth-order valence-electron chi connectivity index (χ4n) is 1.82. The zero-order valence-electron chi connectivity index (χ0n) is 11.0. The van der Waals surface area contributed by atoms with E-state index in [-0.39, 0.29) is 5.82 Å². The lowest BCUT2D eigenvalue weighted by Gasteiger charge is -2.09. The predicted molar refractivity (Wildman–Crippen MR) is 73.8 cm³/mol.